The molecule has 0 radical (unpaired) electrons. The topological polar surface area (TPSA) is 75.4 Å². The predicted molar refractivity (Wildman–Crippen MR) is 83.5 cm³/mol. The number of rotatable bonds is 9. The molecule has 0 fully saturated rings. The lowest BCUT2D eigenvalue weighted by Crippen LogP contribution is -2.23. The Kier molecular flexibility index (Phi) is 6.98. The van der Waals surface area contributed by atoms with Gasteiger partial charge < -0.3 is 10.6 Å². The van der Waals surface area contributed by atoms with Crippen LogP contribution in [0.15, 0.2) is 29.2 Å². The van der Waals surface area contributed by atoms with Gasteiger partial charge in [-0.25, -0.2) is 13.1 Å². The SMILES string of the molecule is CCNS(=O)(=O)c1ccc(N(C)CCCCCN)cc1. The van der Waals surface area contributed by atoms with Gasteiger partial charge in [-0.1, -0.05) is 13.3 Å². The van der Waals surface area contributed by atoms with E-state index in [4.69, 9.17) is 5.73 Å². The molecule has 0 spiro atoms. The van der Waals surface area contributed by atoms with Crippen LogP contribution >= 0.6 is 0 Å². The van der Waals surface area contributed by atoms with Gasteiger partial charge >= 0.3 is 0 Å². The molecule has 1 aromatic rings. The third kappa shape index (κ3) is 5.11. The summed E-state index contributed by atoms with van der Waals surface area (Å²) in [6.07, 6.45) is 3.26. The molecule has 0 unspecified atom stereocenters. The van der Waals surface area contributed by atoms with Crippen LogP contribution in [0.3, 0.4) is 0 Å². The Bertz CT molecular complexity index is 486. The number of sulfonamides is 1. The molecule has 0 atom stereocenters. The van der Waals surface area contributed by atoms with Gasteiger partial charge in [0.05, 0.1) is 4.90 Å². The highest BCUT2D eigenvalue weighted by Crippen LogP contribution is 2.17. The molecule has 114 valence electrons. The molecule has 0 heterocycles. The normalized spacial score (nSPS) is 11.6. The number of unbranched alkanes of at least 4 members (excludes halogenated alkanes) is 2. The summed E-state index contributed by atoms with van der Waals surface area (Å²) in [5.74, 6) is 0. The van der Waals surface area contributed by atoms with Gasteiger partial charge in [0.25, 0.3) is 0 Å². The van der Waals surface area contributed by atoms with Crippen molar-refractivity contribution in [2.45, 2.75) is 31.1 Å². The summed E-state index contributed by atoms with van der Waals surface area (Å²) in [6.45, 7) is 3.84. The van der Waals surface area contributed by atoms with Crippen LogP contribution in [0, 0.1) is 0 Å². The molecule has 0 aliphatic rings. The number of nitrogens with zero attached hydrogens (tertiary/aromatic N) is 1. The van der Waals surface area contributed by atoms with Crippen molar-refractivity contribution in [3.05, 3.63) is 24.3 Å². The average Bonchev–Trinajstić information content (AvgIpc) is 2.43. The lowest BCUT2D eigenvalue weighted by atomic mass is 10.2. The maximum atomic E-state index is 11.8. The van der Waals surface area contributed by atoms with E-state index in [9.17, 15) is 8.42 Å². The fourth-order valence-electron chi connectivity index (χ4n) is 1.95. The van der Waals surface area contributed by atoms with E-state index in [2.05, 4.69) is 9.62 Å². The summed E-state index contributed by atoms with van der Waals surface area (Å²) >= 11 is 0. The zero-order chi connectivity index (χ0) is 15.0. The Morgan fingerprint density at radius 3 is 2.35 bits per heavy atom. The van der Waals surface area contributed by atoms with E-state index in [0.717, 1.165) is 38.0 Å². The maximum absolute atomic E-state index is 11.8. The minimum atomic E-state index is -3.36. The largest absolute Gasteiger partial charge is 0.375 e. The third-order valence-corrected chi connectivity index (χ3v) is 4.68. The Hall–Kier alpha value is -1.11. The molecule has 0 aliphatic heterocycles. The van der Waals surface area contributed by atoms with Crippen LogP contribution in [0.4, 0.5) is 5.69 Å². The standard InChI is InChI=1S/C14H25N3O2S/c1-3-16-20(18,19)14-9-7-13(8-10-14)17(2)12-6-4-5-11-15/h7-10,16H,3-6,11-12,15H2,1-2H3. The molecule has 0 saturated carbocycles. The van der Waals surface area contributed by atoms with E-state index in [0.29, 0.717) is 11.4 Å². The van der Waals surface area contributed by atoms with E-state index in [1.165, 1.54) is 0 Å². The van der Waals surface area contributed by atoms with Gasteiger partial charge in [0.1, 0.15) is 0 Å². The number of hydrogen-bond donors (Lipinski definition) is 2. The monoisotopic (exact) mass is 299 g/mol. The van der Waals surface area contributed by atoms with Gasteiger partial charge in [0, 0.05) is 25.8 Å². The summed E-state index contributed by atoms with van der Waals surface area (Å²) in [5, 5.41) is 0. The summed E-state index contributed by atoms with van der Waals surface area (Å²) in [4.78, 5) is 2.43. The first-order valence-corrected chi connectivity index (χ1v) is 8.50. The molecule has 1 rings (SSSR count). The highest BCUT2D eigenvalue weighted by Gasteiger charge is 2.12. The minimum Gasteiger partial charge on any atom is -0.375 e. The van der Waals surface area contributed by atoms with Crippen LogP contribution in [-0.4, -0.2) is 35.1 Å². The first-order chi connectivity index (χ1) is 9.51. The molecule has 0 aliphatic carbocycles. The van der Waals surface area contributed by atoms with Crippen LogP contribution in [0.2, 0.25) is 0 Å². The fraction of sp³-hybridized carbons (Fsp3) is 0.571. The highest BCUT2D eigenvalue weighted by atomic mass is 32.2. The smallest absolute Gasteiger partial charge is 0.240 e. The van der Waals surface area contributed by atoms with E-state index in [-0.39, 0.29) is 0 Å². The second kappa shape index (κ2) is 8.24. The zero-order valence-electron chi connectivity index (χ0n) is 12.3. The minimum absolute atomic E-state index is 0.305. The van der Waals surface area contributed by atoms with Crippen molar-refractivity contribution in [3.8, 4) is 0 Å². The van der Waals surface area contributed by atoms with Crippen LogP contribution in [-0.2, 0) is 10.0 Å². The molecule has 5 nitrogen and oxygen atoms in total. The van der Waals surface area contributed by atoms with Gasteiger partial charge in [-0.05, 0) is 43.7 Å². The number of anilines is 1. The average molecular weight is 299 g/mol. The van der Waals surface area contributed by atoms with Gasteiger partial charge in [-0.2, -0.15) is 0 Å². The third-order valence-electron chi connectivity index (χ3n) is 3.12. The predicted octanol–water partition coefficient (Wildman–Crippen LogP) is 1.55. The second-order valence-corrected chi connectivity index (χ2v) is 6.53. The van der Waals surface area contributed by atoms with E-state index in [1.807, 2.05) is 19.2 Å². The van der Waals surface area contributed by atoms with Gasteiger partial charge in [-0.3, -0.25) is 0 Å². The van der Waals surface area contributed by atoms with E-state index < -0.39 is 10.0 Å². The highest BCUT2D eigenvalue weighted by molar-refractivity contribution is 7.89. The summed E-state index contributed by atoms with van der Waals surface area (Å²) in [5.41, 5.74) is 6.48. The summed E-state index contributed by atoms with van der Waals surface area (Å²) in [6, 6.07) is 6.97. The lowest BCUT2D eigenvalue weighted by molar-refractivity contribution is 0.584. The second-order valence-electron chi connectivity index (χ2n) is 4.77. The van der Waals surface area contributed by atoms with Crippen molar-refractivity contribution in [3.63, 3.8) is 0 Å². The Balaban J connectivity index is 2.62. The maximum Gasteiger partial charge on any atom is 0.240 e. The number of nitrogens with two attached hydrogens (primary N) is 1. The van der Waals surface area contributed by atoms with Crippen molar-refractivity contribution >= 4 is 15.7 Å². The number of benzene rings is 1. The van der Waals surface area contributed by atoms with E-state index in [1.54, 1.807) is 19.1 Å². The number of hydrogen-bond acceptors (Lipinski definition) is 4. The summed E-state index contributed by atoms with van der Waals surface area (Å²) in [7, 11) is -1.35. The van der Waals surface area contributed by atoms with Crippen LogP contribution in [0.1, 0.15) is 26.2 Å². The molecule has 6 heteroatoms. The Labute approximate surface area is 122 Å². The quantitative estimate of drug-likeness (QED) is 0.678. The Morgan fingerprint density at radius 2 is 1.80 bits per heavy atom. The Morgan fingerprint density at radius 1 is 1.15 bits per heavy atom. The van der Waals surface area contributed by atoms with Crippen molar-refractivity contribution in [1.29, 1.82) is 0 Å². The molecule has 3 N–H and O–H groups in total. The van der Waals surface area contributed by atoms with Crippen LogP contribution < -0.4 is 15.4 Å². The molecule has 0 aromatic heterocycles. The lowest BCUT2D eigenvalue weighted by Gasteiger charge is -2.19. The number of nitrogens with one attached hydrogen (secondary N) is 1. The molecular weight excluding hydrogens is 274 g/mol. The van der Waals surface area contributed by atoms with Gasteiger partial charge in [0.15, 0.2) is 0 Å². The fourth-order valence-corrected chi connectivity index (χ4v) is 2.99. The van der Waals surface area contributed by atoms with Crippen LogP contribution in [0.25, 0.3) is 0 Å². The zero-order valence-corrected chi connectivity index (χ0v) is 13.1. The van der Waals surface area contributed by atoms with Crippen LogP contribution in [0.5, 0.6) is 0 Å². The molecule has 0 amide bonds. The molecule has 0 bridgehead atoms. The molecular formula is C14H25N3O2S. The molecule has 0 saturated heterocycles. The molecule has 20 heavy (non-hydrogen) atoms. The van der Waals surface area contributed by atoms with E-state index >= 15 is 0 Å². The molecule has 1 aromatic carbocycles. The van der Waals surface area contributed by atoms with Gasteiger partial charge in [0.2, 0.25) is 10.0 Å². The summed E-state index contributed by atoms with van der Waals surface area (Å²) < 4.78 is 26.1. The van der Waals surface area contributed by atoms with Crippen molar-refractivity contribution in [2.24, 2.45) is 5.73 Å². The van der Waals surface area contributed by atoms with Crippen molar-refractivity contribution < 1.29 is 8.42 Å². The first-order valence-electron chi connectivity index (χ1n) is 7.02. The van der Waals surface area contributed by atoms with Gasteiger partial charge in [-0.15, -0.1) is 0 Å². The van der Waals surface area contributed by atoms with Crippen molar-refractivity contribution in [1.82, 2.24) is 4.72 Å². The first kappa shape index (κ1) is 16.9. The van der Waals surface area contributed by atoms with Crippen molar-refractivity contribution in [2.75, 3.05) is 31.6 Å².